The highest BCUT2D eigenvalue weighted by Gasteiger charge is 2.13. The lowest BCUT2D eigenvalue weighted by Crippen LogP contribution is -2.28. The highest BCUT2D eigenvalue weighted by molar-refractivity contribution is 5.89. The van der Waals surface area contributed by atoms with Crippen molar-refractivity contribution in [1.82, 2.24) is 40.7 Å². The van der Waals surface area contributed by atoms with Crippen LogP contribution in [0.4, 0.5) is 10.6 Å². The van der Waals surface area contributed by atoms with Crippen LogP contribution in [0, 0.1) is 0 Å². The number of anilines is 1. The molecule has 0 aliphatic rings. The highest BCUT2D eigenvalue weighted by atomic mass is 16.2. The van der Waals surface area contributed by atoms with Gasteiger partial charge in [-0.1, -0.05) is 0 Å². The molecule has 4 rings (SSSR count). The molecule has 0 aromatic carbocycles. The van der Waals surface area contributed by atoms with Crippen LogP contribution >= 0.6 is 0 Å². The number of nitrogens with zero attached hydrogens (tertiary/aromatic N) is 6. The van der Waals surface area contributed by atoms with Gasteiger partial charge in [-0.3, -0.25) is 15.4 Å². The Morgan fingerprint density at radius 2 is 2.11 bits per heavy atom. The quantitative estimate of drug-likeness (QED) is 0.485. The van der Waals surface area contributed by atoms with E-state index in [1.807, 2.05) is 19.1 Å². The van der Waals surface area contributed by atoms with Crippen molar-refractivity contribution in [2.24, 2.45) is 0 Å². The van der Waals surface area contributed by atoms with Crippen LogP contribution in [0.1, 0.15) is 18.3 Å². The number of carbonyl (C=O) groups is 1. The average Bonchev–Trinajstić information content (AvgIpc) is 3.16. The number of urea groups is 1. The number of fused-ring (bicyclic) bond motifs is 1. The van der Waals surface area contributed by atoms with Gasteiger partial charge in [0.05, 0.1) is 29.5 Å². The summed E-state index contributed by atoms with van der Waals surface area (Å²) >= 11 is 0. The molecule has 140 valence electrons. The van der Waals surface area contributed by atoms with Crippen molar-refractivity contribution in [2.75, 3.05) is 11.9 Å². The normalized spacial score (nSPS) is 10.8. The Kier molecular flexibility index (Phi) is 4.83. The molecular formula is C18H17N9O. The summed E-state index contributed by atoms with van der Waals surface area (Å²) in [6.07, 6.45) is 5.53. The summed E-state index contributed by atoms with van der Waals surface area (Å²) < 4.78 is 0. The number of H-pyrrole nitrogens is 1. The molecule has 0 saturated heterocycles. The first kappa shape index (κ1) is 17.5. The molecule has 0 atom stereocenters. The van der Waals surface area contributed by atoms with Gasteiger partial charge < -0.3 is 5.32 Å². The van der Waals surface area contributed by atoms with E-state index in [9.17, 15) is 4.79 Å². The van der Waals surface area contributed by atoms with E-state index in [1.54, 1.807) is 30.7 Å². The molecule has 4 heterocycles. The summed E-state index contributed by atoms with van der Waals surface area (Å²) in [5.41, 5.74) is 4.16. The standard InChI is InChI=1S/C18H17N9O/c1-2-19-18(28)25-16-6-5-13-17(24-16)23-15(10-20-13)12-9-22-27-14(12)8-11-4-3-7-21-26-11/h3-7,9-10H,2,8H2,1H3,(H,22,27)(H2,19,23,24,25,28). The molecule has 0 bridgehead atoms. The lowest BCUT2D eigenvalue weighted by Gasteiger charge is -2.07. The first-order chi connectivity index (χ1) is 13.7. The predicted molar refractivity (Wildman–Crippen MR) is 102 cm³/mol. The number of aromatic nitrogens is 7. The number of carbonyl (C=O) groups excluding carboxylic acids is 1. The summed E-state index contributed by atoms with van der Waals surface area (Å²) in [4.78, 5) is 25.1. The van der Waals surface area contributed by atoms with E-state index < -0.39 is 0 Å². The number of hydrogen-bond donors (Lipinski definition) is 3. The molecule has 0 aliphatic heterocycles. The molecule has 3 N–H and O–H groups in total. The Hall–Kier alpha value is -3.95. The second-order valence-corrected chi connectivity index (χ2v) is 5.93. The van der Waals surface area contributed by atoms with Crippen molar-refractivity contribution in [3.8, 4) is 11.3 Å². The van der Waals surface area contributed by atoms with Crippen molar-refractivity contribution >= 4 is 23.0 Å². The van der Waals surface area contributed by atoms with Crippen LogP contribution in [-0.2, 0) is 6.42 Å². The van der Waals surface area contributed by atoms with Crippen molar-refractivity contribution in [3.05, 3.63) is 54.2 Å². The monoisotopic (exact) mass is 375 g/mol. The van der Waals surface area contributed by atoms with Crippen molar-refractivity contribution < 1.29 is 4.79 Å². The number of amides is 2. The zero-order chi connectivity index (χ0) is 19.3. The fourth-order valence-corrected chi connectivity index (χ4v) is 2.70. The van der Waals surface area contributed by atoms with Crippen LogP contribution in [0.5, 0.6) is 0 Å². The third kappa shape index (κ3) is 3.75. The number of rotatable bonds is 5. The van der Waals surface area contributed by atoms with Gasteiger partial charge in [-0.2, -0.15) is 15.3 Å². The molecule has 0 fully saturated rings. The zero-order valence-electron chi connectivity index (χ0n) is 15.0. The maximum Gasteiger partial charge on any atom is 0.320 e. The third-order valence-electron chi connectivity index (χ3n) is 3.97. The Balaban J connectivity index is 1.64. The first-order valence-corrected chi connectivity index (χ1v) is 8.71. The van der Waals surface area contributed by atoms with Crippen molar-refractivity contribution in [2.45, 2.75) is 13.3 Å². The van der Waals surface area contributed by atoms with E-state index in [1.165, 1.54) is 0 Å². The molecule has 0 unspecified atom stereocenters. The number of nitrogens with one attached hydrogen (secondary N) is 3. The van der Waals surface area contributed by atoms with Crippen LogP contribution in [0.3, 0.4) is 0 Å². The van der Waals surface area contributed by atoms with E-state index in [2.05, 4.69) is 46.0 Å². The molecule has 4 aromatic rings. The van der Waals surface area contributed by atoms with Gasteiger partial charge in [0.15, 0.2) is 5.65 Å². The van der Waals surface area contributed by atoms with Crippen molar-refractivity contribution in [3.63, 3.8) is 0 Å². The number of hydrogen-bond acceptors (Lipinski definition) is 7. The smallest absolute Gasteiger partial charge is 0.320 e. The molecule has 0 spiro atoms. The summed E-state index contributed by atoms with van der Waals surface area (Å²) in [6, 6.07) is 6.85. The molecule has 28 heavy (non-hydrogen) atoms. The fourth-order valence-electron chi connectivity index (χ4n) is 2.70. The van der Waals surface area contributed by atoms with Crippen LogP contribution in [0.15, 0.2) is 42.9 Å². The van der Waals surface area contributed by atoms with E-state index in [4.69, 9.17) is 0 Å². The van der Waals surface area contributed by atoms with Gasteiger partial charge in [-0.15, -0.1) is 0 Å². The Morgan fingerprint density at radius 3 is 2.93 bits per heavy atom. The summed E-state index contributed by atoms with van der Waals surface area (Å²) in [6.45, 7) is 2.37. The van der Waals surface area contributed by atoms with E-state index in [0.29, 0.717) is 35.6 Å². The van der Waals surface area contributed by atoms with Crippen LogP contribution < -0.4 is 10.6 Å². The zero-order valence-corrected chi connectivity index (χ0v) is 15.0. The lowest BCUT2D eigenvalue weighted by molar-refractivity contribution is 0.252. The molecule has 2 amide bonds. The third-order valence-corrected chi connectivity index (χ3v) is 3.97. The van der Waals surface area contributed by atoms with Crippen LogP contribution in [-0.4, -0.2) is 47.9 Å². The van der Waals surface area contributed by atoms with Gasteiger partial charge in [-0.05, 0) is 31.2 Å². The minimum atomic E-state index is -0.320. The fraction of sp³-hybridized carbons (Fsp3) is 0.167. The second kappa shape index (κ2) is 7.74. The minimum Gasteiger partial charge on any atom is -0.338 e. The Labute approximate surface area is 159 Å². The molecule has 0 saturated carbocycles. The molecule has 0 radical (unpaired) electrons. The highest BCUT2D eigenvalue weighted by Crippen LogP contribution is 2.23. The average molecular weight is 375 g/mol. The topological polar surface area (TPSA) is 134 Å². The van der Waals surface area contributed by atoms with Gasteiger partial charge >= 0.3 is 6.03 Å². The SMILES string of the molecule is CCNC(=O)Nc1ccc2ncc(-c3cn[nH]c3Cc3cccnn3)nc2n1. The molecule has 10 heteroatoms. The molecular weight excluding hydrogens is 358 g/mol. The summed E-state index contributed by atoms with van der Waals surface area (Å²) in [5.74, 6) is 0.400. The van der Waals surface area contributed by atoms with Gasteiger partial charge in [0.1, 0.15) is 11.3 Å². The van der Waals surface area contributed by atoms with Gasteiger partial charge in [0.25, 0.3) is 0 Å². The lowest BCUT2D eigenvalue weighted by atomic mass is 10.1. The summed E-state index contributed by atoms with van der Waals surface area (Å²) in [5, 5.41) is 20.4. The number of aromatic amines is 1. The molecule has 4 aromatic heterocycles. The maximum absolute atomic E-state index is 11.7. The van der Waals surface area contributed by atoms with Crippen molar-refractivity contribution in [1.29, 1.82) is 0 Å². The van der Waals surface area contributed by atoms with Crippen LogP contribution in [0.25, 0.3) is 22.4 Å². The predicted octanol–water partition coefficient (Wildman–Crippen LogP) is 1.94. The number of pyridine rings is 1. The van der Waals surface area contributed by atoms with Crippen LogP contribution in [0.2, 0.25) is 0 Å². The molecule has 0 aliphatic carbocycles. The van der Waals surface area contributed by atoms with Gasteiger partial charge in [0, 0.05) is 24.7 Å². The maximum atomic E-state index is 11.7. The first-order valence-electron chi connectivity index (χ1n) is 8.71. The van der Waals surface area contributed by atoms with Gasteiger partial charge in [0.2, 0.25) is 0 Å². The minimum absolute atomic E-state index is 0.320. The Morgan fingerprint density at radius 1 is 1.18 bits per heavy atom. The van der Waals surface area contributed by atoms with E-state index in [0.717, 1.165) is 17.0 Å². The summed E-state index contributed by atoms with van der Waals surface area (Å²) in [7, 11) is 0. The largest absolute Gasteiger partial charge is 0.338 e. The molecule has 10 nitrogen and oxygen atoms in total. The van der Waals surface area contributed by atoms with E-state index >= 15 is 0 Å². The van der Waals surface area contributed by atoms with E-state index in [-0.39, 0.29) is 6.03 Å². The second-order valence-electron chi connectivity index (χ2n) is 5.93. The Bertz CT molecular complexity index is 1110. The van der Waals surface area contributed by atoms with Gasteiger partial charge in [-0.25, -0.2) is 14.8 Å².